The number of nitrogens with one attached hydrogen (secondary N) is 1. The largest absolute Gasteiger partial charge is 0.507 e. The molecule has 1 aromatic rings. The lowest BCUT2D eigenvalue weighted by atomic mass is 10.1. The Hall–Kier alpha value is -2.09. The van der Waals surface area contributed by atoms with Crippen molar-refractivity contribution in [2.24, 2.45) is 0 Å². The molecule has 2 N–H and O–H groups in total. The smallest absolute Gasteiger partial charge is 0.328 e. The highest BCUT2D eigenvalue weighted by atomic mass is 79.9. The minimum atomic E-state index is -1.20. The van der Waals surface area contributed by atoms with Crippen LogP contribution in [0.15, 0.2) is 22.7 Å². The third-order valence-corrected chi connectivity index (χ3v) is 3.09. The predicted molar refractivity (Wildman–Crippen MR) is 75.7 cm³/mol. The molecule has 0 aromatic heterocycles. The van der Waals surface area contributed by atoms with Crippen LogP contribution < -0.4 is 5.32 Å². The van der Waals surface area contributed by atoms with E-state index in [0.29, 0.717) is 4.47 Å². The molecule has 0 heterocycles. The van der Waals surface area contributed by atoms with Gasteiger partial charge in [0.2, 0.25) is 0 Å². The van der Waals surface area contributed by atoms with Gasteiger partial charge in [0.1, 0.15) is 11.8 Å². The second-order valence-corrected chi connectivity index (χ2v) is 4.91. The van der Waals surface area contributed by atoms with Crippen molar-refractivity contribution in [3.8, 4) is 5.75 Å². The molecular weight excluding hydrogens is 346 g/mol. The van der Waals surface area contributed by atoms with Gasteiger partial charge in [-0.25, -0.2) is 4.79 Å². The number of halogens is 1. The molecule has 0 aliphatic rings. The minimum absolute atomic E-state index is 0.0306. The fourth-order valence-electron chi connectivity index (χ4n) is 1.52. The SMILES string of the molecule is COC(=O)CC(NC(=O)c1ccc(Br)cc1O)C(=O)OC. The van der Waals surface area contributed by atoms with Crippen molar-refractivity contribution in [1.29, 1.82) is 0 Å². The molecule has 114 valence electrons. The maximum atomic E-state index is 12.0. The van der Waals surface area contributed by atoms with Crippen molar-refractivity contribution in [2.75, 3.05) is 14.2 Å². The molecule has 0 saturated carbocycles. The molecule has 1 unspecified atom stereocenters. The lowest BCUT2D eigenvalue weighted by molar-refractivity contribution is -0.149. The summed E-state index contributed by atoms with van der Waals surface area (Å²) in [6.45, 7) is 0. The molecule has 0 aliphatic heterocycles. The van der Waals surface area contributed by atoms with Gasteiger partial charge in [-0.3, -0.25) is 9.59 Å². The molecule has 0 bridgehead atoms. The highest BCUT2D eigenvalue weighted by molar-refractivity contribution is 9.10. The Morgan fingerprint density at radius 3 is 2.48 bits per heavy atom. The van der Waals surface area contributed by atoms with Gasteiger partial charge in [0.25, 0.3) is 5.91 Å². The third-order valence-electron chi connectivity index (χ3n) is 2.59. The number of phenols is 1. The van der Waals surface area contributed by atoms with E-state index in [-0.39, 0.29) is 17.7 Å². The third kappa shape index (κ3) is 4.75. The zero-order chi connectivity index (χ0) is 16.0. The van der Waals surface area contributed by atoms with Crippen molar-refractivity contribution in [1.82, 2.24) is 5.32 Å². The first-order valence-corrected chi connectivity index (χ1v) is 6.62. The molecule has 1 amide bonds. The van der Waals surface area contributed by atoms with Gasteiger partial charge in [-0.2, -0.15) is 0 Å². The van der Waals surface area contributed by atoms with Crippen LogP contribution in [0.4, 0.5) is 0 Å². The summed E-state index contributed by atoms with van der Waals surface area (Å²) in [6, 6.07) is 3.07. The fraction of sp³-hybridized carbons (Fsp3) is 0.308. The van der Waals surface area contributed by atoms with Crippen molar-refractivity contribution >= 4 is 33.8 Å². The van der Waals surface area contributed by atoms with Gasteiger partial charge in [0.15, 0.2) is 0 Å². The molecule has 0 saturated heterocycles. The summed E-state index contributed by atoms with van der Waals surface area (Å²) in [7, 11) is 2.30. The van der Waals surface area contributed by atoms with Crippen LogP contribution in [0.1, 0.15) is 16.8 Å². The van der Waals surface area contributed by atoms with Gasteiger partial charge < -0.3 is 19.9 Å². The number of ether oxygens (including phenoxy) is 2. The minimum Gasteiger partial charge on any atom is -0.507 e. The summed E-state index contributed by atoms with van der Waals surface area (Å²) in [5.41, 5.74) is -0.0306. The Kier molecular flexibility index (Phi) is 6.16. The number of rotatable bonds is 5. The van der Waals surface area contributed by atoms with E-state index in [1.54, 1.807) is 6.07 Å². The molecule has 0 aliphatic carbocycles. The predicted octanol–water partition coefficient (Wildman–Crippen LogP) is 0.989. The van der Waals surface area contributed by atoms with Crippen molar-refractivity contribution in [3.05, 3.63) is 28.2 Å². The topological polar surface area (TPSA) is 102 Å². The number of methoxy groups -OCH3 is 2. The quantitative estimate of drug-likeness (QED) is 0.760. The van der Waals surface area contributed by atoms with Crippen LogP contribution in [-0.2, 0) is 19.1 Å². The van der Waals surface area contributed by atoms with Crippen molar-refractivity contribution < 1.29 is 29.0 Å². The van der Waals surface area contributed by atoms with Crippen LogP contribution in [0.25, 0.3) is 0 Å². The van der Waals surface area contributed by atoms with E-state index < -0.39 is 23.9 Å². The summed E-state index contributed by atoms with van der Waals surface area (Å²) in [5, 5.41) is 12.0. The number of esters is 2. The number of carbonyl (C=O) groups is 3. The Balaban J connectivity index is 2.89. The first-order chi connectivity index (χ1) is 9.88. The Morgan fingerprint density at radius 2 is 1.95 bits per heavy atom. The molecule has 0 radical (unpaired) electrons. The number of amides is 1. The van der Waals surface area contributed by atoms with Crippen LogP contribution in [-0.4, -0.2) is 43.2 Å². The normalized spacial score (nSPS) is 11.4. The maximum Gasteiger partial charge on any atom is 0.328 e. The summed E-state index contributed by atoms with van der Waals surface area (Å²) >= 11 is 3.15. The van der Waals surface area contributed by atoms with E-state index in [1.165, 1.54) is 19.2 Å². The zero-order valence-corrected chi connectivity index (χ0v) is 13.0. The number of hydrogen-bond acceptors (Lipinski definition) is 6. The molecule has 1 aromatic carbocycles. The van der Waals surface area contributed by atoms with Crippen molar-refractivity contribution in [3.63, 3.8) is 0 Å². The van der Waals surface area contributed by atoms with E-state index in [2.05, 4.69) is 30.7 Å². The Bertz CT molecular complexity index is 560. The van der Waals surface area contributed by atoms with Gasteiger partial charge in [-0.1, -0.05) is 15.9 Å². The van der Waals surface area contributed by atoms with Gasteiger partial charge >= 0.3 is 11.9 Å². The van der Waals surface area contributed by atoms with E-state index >= 15 is 0 Å². The molecule has 1 rings (SSSR count). The first-order valence-electron chi connectivity index (χ1n) is 5.83. The van der Waals surface area contributed by atoms with E-state index in [9.17, 15) is 19.5 Å². The van der Waals surface area contributed by atoms with Crippen LogP contribution in [0.3, 0.4) is 0 Å². The fourth-order valence-corrected chi connectivity index (χ4v) is 1.87. The van der Waals surface area contributed by atoms with Gasteiger partial charge in [-0.05, 0) is 18.2 Å². The number of phenolic OH excluding ortho intramolecular Hbond substituents is 1. The lowest BCUT2D eigenvalue weighted by Crippen LogP contribution is -2.43. The highest BCUT2D eigenvalue weighted by Gasteiger charge is 2.26. The molecule has 0 fully saturated rings. The van der Waals surface area contributed by atoms with Gasteiger partial charge in [0, 0.05) is 4.47 Å². The molecule has 1 atom stereocenters. The summed E-state index contributed by atoms with van der Waals surface area (Å²) in [5.74, 6) is -2.43. The summed E-state index contributed by atoms with van der Waals surface area (Å²) in [6.07, 6.45) is -0.369. The molecule has 21 heavy (non-hydrogen) atoms. The van der Waals surface area contributed by atoms with Gasteiger partial charge in [-0.15, -0.1) is 0 Å². The second-order valence-electron chi connectivity index (χ2n) is 3.99. The molecule has 7 nitrogen and oxygen atoms in total. The maximum absolute atomic E-state index is 12.0. The second kappa shape index (κ2) is 7.63. The summed E-state index contributed by atoms with van der Waals surface area (Å²) in [4.78, 5) is 34.8. The van der Waals surface area contributed by atoms with E-state index in [4.69, 9.17) is 0 Å². The average Bonchev–Trinajstić information content (AvgIpc) is 2.45. The Labute approximate surface area is 129 Å². The molecular formula is C13H14BrNO6. The Morgan fingerprint density at radius 1 is 1.29 bits per heavy atom. The number of benzene rings is 1. The van der Waals surface area contributed by atoms with Crippen LogP contribution in [0.5, 0.6) is 5.75 Å². The monoisotopic (exact) mass is 359 g/mol. The summed E-state index contributed by atoms with van der Waals surface area (Å²) < 4.78 is 9.55. The molecule has 0 spiro atoms. The van der Waals surface area contributed by atoms with Crippen LogP contribution >= 0.6 is 15.9 Å². The number of carbonyl (C=O) groups excluding carboxylic acids is 3. The van der Waals surface area contributed by atoms with E-state index in [0.717, 1.165) is 7.11 Å². The van der Waals surface area contributed by atoms with Crippen LogP contribution in [0.2, 0.25) is 0 Å². The first kappa shape index (κ1) is 17.0. The molecule has 8 heteroatoms. The van der Waals surface area contributed by atoms with Crippen LogP contribution in [0, 0.1) is 0 Å². The van der Waals surface area contributed by atoms with E-state index in [1.807, 2.05) is 0 Å². The average molecular weight is 360 g/mol. The zero-order valence-electron chi connectivity index (χ0n) is 11.4. The number of aromatic hydroxyl groups is 1. The number of hydrogen-bond donors (Lipinski definition) is 2. The van der Waals surface area contributed by atoms with Crippen molar-refractivity contribution in [2.45, 2.75) is 12.5 Å². The standard InChI is InChI=1S/C13H14BrNO6/c1-20-11(17)6-9(13(19)21-2)15-12(18)8-4-3-7(14)5-10(8)16/h3-5,9,16H,6H2,1-2H3,(H,15,18). The lowest BCUT2D eigenvalue weighted by Gasteiger charge is -2.15. The van der Waals surface area contributed by atoms with Gasteiger partial charge in [0.05, 0.1) is 26.2 Å². The highest BCUT2D eigenvalue weighted by Crippen LogP contribution is 2.22.